The lowest BCUT2D eigenvalue weighted by Gasteiger charge is -2.38. The Balaban J connectivity index is 1.53. The molecular formula is C21H27N5O5S. The van der Waals surface area contributed by atoms with E-state index >= 15 is 0 Å². The van der Waals surface area contributed by atoms with Gasteiger partial charge in [0, 0.05) is 44.0 Å². The molecule has 3 N–H and O–H groups in total. The highest BCUT2D eigenvalue weighted by Crippen LogP contribution is 2.21. The van der Waals surface area contributed by atoms with E-state index in [2.05, 4.69) is 15.1 Å². The van der Waals surface area contributed by atoms with Gasteiger partial charge in [-0.05, 0) is 43.7 Å². The van der Waals surface area contributed by atoms with Gasteiger partial charge < -0.3 is 10.2 Å². The van der Waals surface area contributed by atoms with Gasteiger partial charge in [0.2, 0.25) is 15.9 Å². The molecule has 1 heterocycles. The summed E-state index contributed by atoms with van der Waals surface area (Å²) < 4.78 is 22.8. The number of non-ortho nitro benzene ring substituents is 1. The van der Waals surface area contributed by atoms with Crippen LogP contribution in [0.2, 0.25) is 0 Å². The van der Waals surface area contributed by atoms with Crippen molar-refractivity contribution in [1.82, 2.24) is 10.2 Å². The number of piperazine rings is 1. The molecule has 0 saturated carbocycles. The lowest BCUT2D eigenvalue weighted by atomic mass is 10.1. The summed E-state index contributed by atoms with van der Waals surface area (Å²) in [5.74, 6) is -0.114. The van der Waals surface area contributed by atoms with Crippen molar-refractivity contribution in [1.29, 1.82) is 0 Å². The van der Waals surface area contributed by atoms with E-state index in [4.69, 9.17) is 5.14 Å². The molecule has 11 heteroatoms. The first kappa shape index (κ1) is 23.6. The molecule has 1 amide bonds. The van der Waals surface area contributed by atoms with Crippen molar-refractivity contribution in [2.75, 3.05) is 31.1 Å². The van der Waals surface area contributed by atoms with Crippen LogP contribution in [0, 0.1) is 10.1 Å². The smallest absolute Gasteiger partial charge is 0.269 e. The zero-order valence-electron chi connectivity index (χ0n) is 18.0. The fourth-order valence-corrected chi connectivity index (χ4v) is 4.20. The number of nitro benzene ring substituents is 1. The maximum atomic E-state index is 12.8. The van der Waals surface area contributed by atoms with Crippen molar-refractivity contribution >= 4 is 27.3 Å². The predicted octanol–water partition coefficient (Wildman–Crippen LogP) is 1.63. The second-order valence-corrected chi connectivity index (χ2v) is 9.38. The normalized spacial score (nSPS) is 16.9. The Morgan fingerprint density at radius 2 is 1.59 bits per heavy atom. The van der Waals surface area contributed by atoms with Gasteiger partial charge in [-0.3, -0.25) is 19.8 Å². The molecule has 32 heavy (non-hydrogen) atoms. The number of nitrogens with one attached hydrogen (secondary N) is 1. The second kappa shape index (κ2) is 9.63. The molecule has 2 aromatic carbocycles. The van der Waals surface area contributed by atoms with Crippen LogP contribution in [-0.4, -0.2) is 56.4 Å². The van der Waals surface area contributed by atoms with E-state index in [1.807, 2.05) is 13.8 Å². The Morgan fingerprint density at radius 1 is 1.03 bits per heavy atom. The van der Waals surface area contributed by atoms with Crippen LogP contribution in [0.5, 0.6) is 0 Å². The van der Waals surface area contributed by atoms with Crippen molar-refractivity contribution in [3.05, 3.63) is 64.2 Å². The maximum Gasteiger partial charge on any atom is 0.269 e. The fraction of sp³-hybridized carbons (Fsp3) is 0.381. The molecule has 1 aliphatic heterocycles. The van der Waals surface area contributed by atoms with Crippen molar-refractivity contribution in [3.63, 3.8) is 0 Å². The fourth-order valence-electron chi connectivity index (χ4n) is 3.68. The summed E-state index contributed by atoms with van der Waals surface area (Å²) in [5.41, 5.74) is 1.76. The van der Waals surface area contributed by atoms with E-state index in [0.717, 1.165) is 11.3 Å². The maximum absolute atomic E-state index is 12.8. The Morgan fingerprint density at radius 3 is 2.09 bits per heavy atom. The van der Waals surface area contributed by atoms with E-state index < -0.39 is 14.9 Å². The van der Waals surface area contributed by atoms with Crippen LogP contribution >= 0.6 is 0 Å². The molecule has 3 rings (SSSR count). The largest absolute Gasteiger partial charge is 0.369 e. The first-order chi connectivity index (χ1) is 15.1. The number of nitrogens with two attached hydrogens (primary N) is 1. The van der Waals surface area contributed by atoms with Crippen molar-refractivity contribution < 1.29 is 18.1 Å². The van der Waals surface area contributed by atoms with Gasteiger partial charge in [-0.1, -0.05) is 12.1 Å². The first-order valence-corrected chi connectivity index (χ1v) is 11.8. The molecule has 0 unspecified atom stereocenters. The molecule has 172 valence electrons. The number of benzene rings is 2. The van der Waals surface area contributed by atoms with Crippen LogP contribution in [0.15, 0.2) is 53.4 Å². The number of hydrogen-bond donors (Lipinski definition) is 2. The lowest BCUT2D eigenvalue weighted by molar-refractivity contribution is -0.384. The Kier molecular flexibility index (Phi) is 7.12. The standard InChI is InChI=1S/C21H27N5O5S/c1-15(17-3-9-20(10-4-17)32(22,30)31)23-21(27)16(2)24-11-13-25(14-12-24)18-5-7-19(8-6-18)26(28)29/h3-10,15-16H,11-14H2,1-2H3,(H,23,27)(H2,22,30,31)/t15-,16-/m0/s1. The molecule has 0 radical (unpaired) electrons. The average Bonchev–Trinajstić information content (AvgIpc) is 2.78. The molecule has 1 fully saturated rings. The molecule has 2 atom stereocenters. The molecule has 0 aliphatic carbocycles. The van der Waals surface area contributed by atoms with Gasteiger partial charge in [0.05, 0.1) is 21.9 Å². The number of anilines is 1. The minimum atomic E-state index is -3.75. The molecule has 0 aromatic heterocycles. The van der Waals surface area contributed by atoms with Crippen molar-refractivity contribution in [2.24, 2.45) is 5.14 Å². The van der Waals surface area contributed by atoms with Gasteiger partial charge in [-0.15, -0.1) is 0 Å². The van der Waals surface area contributed by atoms with Crippen LogP contribution in [0.25, 0.3) is 0 Å². The number of amides is 1. The molecular weight excluding hydrogens is 434 g/mol. The number of nitro groups is 1. The highest BCUT2D eigenvalue weighted by Gasteiger charge is 2.27. The van der Waals surface area contributed by atoms with Gasteiger partial charge in [-0.2, -0.15) is 0 Å². The quantitative estimate of drug-likeness (QED) is 0.472. The summed E-state index contributed by atoms with van der Waals surface area (Å²) >= 11 is 0. The Hall–Kier alpha value is -3.02. The zero-order chi connectivity index (χ0) is 23.5. The van der Waals surface area contributed by atoms with Crippen LogP contribution < -0.4 is 15.4 Å². The minimum absolute atomic E-state index is 0.0269. The highest BCUT2D eigenvalue weighted by atomic mass is 32.2. The summed E-state index contributed by atoms with van der Waals surface area (Å²) in [4.78, 5) is 27.4. The van der Waals surface area contributed by atoms with Crippen molar-refractivity contribution in [3.8, 4) is 0 Å². The van der Waals surface area contributed by atoms with E-state index in [1.54, 1.807) is 24.3 Å². The van der Waals surface area contributed by atoms with Crippen molar-refractivity contribution in [2.45, 2.75) is 30.8 Å². The number of nitrogens with zero attached hydrogens (tertiary/aromatic N) is 3. The number of carbonyl (C=O) groups is 1. The monoisotopic (exact) mass is 461 g/mol. The number of carbonyl (C=O) groups excluding carboxylic acids is 1. The third kappa shape index (κ3) is 5.61. The first-order valence-electron chi connectivity index (χ1n) is 10.2. The van der Waals surface area contributed by atoms with Crippen LogP contribution in [0.4, 0.5) is 11.4 Å². The third-order valence-corrected chi connectivity index (χ3v) is 6.66. The topological polar surface area (TPSA) is 139 Å². The van der Waals surface area contributed by atoms with Crippen LogP contribution in [0.3, 0.4) is 0 Å². The predicted molar refractivity (Wildman–Crippen MR) is 121 cm³/mol. The summed E-state index contributed by atoms with van der Waals surface area (Å²) in [7, 11) is -3.75. The van der Waals surface area contributed by atoms with Gasteiger partial charge >= 0.3 is 0 Å². The third-order valence-electron chi connectivity index (χ3n) is 5.73. The summed E-state index contributed by atoms with van der Waals surface area (Å²) in [5, 5.41) is 18.9. The van der Waals surface area contributed by atoms with E-state index in [1.165, 1.54) is 24.3 Å². The average molecular weight is 462 g/mol. The molecule has 10 nitrogen and oxygen atoms in total. The summed E-state index contributed by atoms with van der Waals surface area (Å²) in [6.07, 6.45) is 0. The minimum Gasteiger partial charge on any atom is -0.369 e. The van der Waals surface area contributed by atoms with Gasteiger partial charge in [0.1, 0.15) is 0 Å². The van der Waals surface area contributed by atoms with E-state index in [0.29, 0.717) is 26.2 Å². The second-order valence-electron chi connectivity index (χ2n) is 7.82. The summed E-state index contributed by atoms with van der Waals surface area (Å²) in [6, 6.07) is 12.0. The van der Waals surface area contributed by atoms with Gasteiger partial charge in [0.15, 0.2) is 0 Å². The van der Waals surface area contributed by atoms with Gasteiger partial charge in [-0.25, -0.2) is 13.6 Å². The van der Waals surface area contributed by atoms with E-state index in [-0.39, 0.29) is 28.6 Å². The number of sulfonamides is 1. The molecule has 0 bridgehead atoms. The summed E-state index contributed by atoms with van der Waals surface area (Å²) in [6.45, 7) is 6.48. The lowest BCUT2D eigenvalue weighted by Crippen LogP contribution is -2.54. The van der Waals surface area contributed by atoms with Crippen LogP contribution in [-0.2, 0) is 14.8 Å². The van der Waals surface area contributed by atoms with E-state index in [9.17, 15) is 23.3 Å². The molecule has 1 aliphatic rings. The number of primary sulfonamides is 1. The SMILES string of the molecule is C[C@H](NC(=O)[C@H](C)N1CCN(c2ccc([N+](=O)[O-])cc2)CC1)c1ccc(S(N)(=O)=O)cc1. The molecule has 0 spiro atoms. The highest BCUT2D eigenvalue weighted by molar-refractivity contribution is 7.89. The number of rotatable bonds is 7. The van der Waals surface area contributed by atoms with Crippen LogP contribution in [0.1, 0.15) is 25.5 Å². The zero-order valence-corrected chi connectivity index (χ0v) is 18.8. The Bertz CT molecular complexity index is 1060. The van der Waals surface area contributed by atoms with Gasteiger partial charge in [0.25, 0.3) is 5.69 Å². The number of hydrogen-bond acceptors (Lipinski definition) is 7. The molecule has 2 aromatic rings. The molecule has 1 saturated heterocycles. The Labute approximate surface area is 187 Å².